The molecule has 0 radical (unpaired) electrons. The highest BCUT2D eigenvalue weighted by molar-refractivity contribution is 9.10. The molecule has 0 amide bonds. The van der Waals surface area contributed by atoms with Gasteiger partial charge in [-0.2, -0.15) is 0 Å². The third-order valence-electron chi connectivity index (χ3n) is 5.04. The number of rotatable bonds is 2. The molecule has 4 heteroatoms. The fourth-order valence-electron chi connectivity index (χ4n) is 3.98. The molecule has 2 unspecified atom stereocenters. The highest BCUT2D eigenvalue weighted by Gasteiger charge is 2.49. The summed E-state index contributed by atoms with van der Waals surface area (Å²) in [5.74, 6) is 0.185. The molecule has 2 aliphatic heterocycles. The van der Waals surface area contributed by atoms with Crippen LogP contribution >= 0.6 is 15.9 Å². The number of piperidine rings is 1. The van der Waals surface area contributed by atoms with E-state index in [4.69, 9.17) is 4.74 Å². The Morgan fingerprint density at radius 2 is 2.00 bits per heavy atom. The minimum absolute atomic E-state index is 0.0371. The van der Waals surface area contributed by atoms with Crippen molar-refractivity contribution in [1.29, 1.82) is 0 Å². The number of methoxy groups -OCH3 is 1. The van der Waals surface area contributed by atoms with Crippen molar-refractivity contribution in [2.24, 2.45) is 5.92 Å². The van der Waals surface area contributed by atoms with E-state index in [0.717, 1.165) is 17.3 Å². The highest BCUT2D eigenvalue weighted by atomic mass is 79.9. The van der Waals surface area contributed by atoms with E-state index < -0.39 is 0 Å². The van der Waals surface area contributed by atoms with Gasteiger partial charge in [-0.3, -0.25) is 9.69 Å². The SMILES string of the molecule is COC(=O)C1C2CC[C@@H](C[C@@H]1c1ccc(Br)cc1)N2C. The molecular formula is C16H20BrNO2. The average molecular weight is 338 g/mol. The molecule has 20 heavy (non-hydrogen) atoms. The Labute approximate surface area is 128 Å². The minimum atomic E-state index is -0.0601. The number of fused-ring (bicyclic) bond motifs is 2. The monoisotopic (exact) mass is 337 g/mol. The molecule has 0 N–H and O–H groups in total. The van der Waals surface area contributed by atoms with Crippen molar-refractivity contribution in [3.63, 3.8) is 0 Å². The zero-order valence-corrected chi connectivity index (χ0v) is 13.5. The maximum Gasteiger partial charge on any atom is 0.310 e. The lowest BCUT2D eigenvalue weighted by Crippen LogP contribution is -2.49. The molecule has 3 nitrogen and oxygen atoms in total. The smallest absolute Gasteiger partial charge is 0.310 e. The van der Waals surface area contributed by atoms with E-state index in [1.54, 1.807) is 0 Å². The van der Waals surface area contributed by atoms with Crippen LogP contribution in [0.25, 0.3) is 0 Å². The van der Waals surface area contributed by atoms with Gasteiger partial charge in [-0.15, -0.1) is 0 Å². The molecule has 2 fully saturated rings. The van der Waals surface area contributed by atoms with Gasteiger partial charge in [0.25, 0.3) is 0 Å². The Morgan fingerprint density at radius 3 is 2.65 bits per heavy atom. The van der Waals surface area contributed by atoms with Crippen molar-refractivity contribution < 1.29 is 9.53 Å². The van der Waals surface area contributed by atoms with Crippen molar-refractivity contribution in [3.05, 3.63) is 34.3 Å². The second-order valence-corrected chi connectivity index (χ2v) is 6.82. The molecule has 0 aliphatic carbocycles. The maximum atomic E-state index is 12.3. The highest BCUT2D eigenvalue weighted by Crippen LogP contribution is 2.46. The zero-order valence-electron chi connectivity index (χ0n) is 11.9. The van der Waals surface area contributed by atoms with Crippen molar-refractivity contribution in [1.82, 2.24) is 4.90 Å². The lowest BCUT2D eigenvalue weighted by Gasteiger charge is -2.41. The van der Waals surface area contributed by atoms with Gasteiger partial charge >= 0.3 is 5.97 Å². The fourth-order valence-corrected chi connectivity index (χ4v) is 4.24. The summed E-state index contributed by atoms with van der Waals surface area (Å²) < 4.78 is 6.16. The fraction of sp³-hybridized carbons (Fsp3) is 0.562. The first-order valence-corrected chi connectivity index (χ1v) is 7.96. The summed E-state index contributed by atoms with van der Waals surface area (Å²) in [6.45, 7) is 0. The largest absolute Gasteiger partial charge is 0.469 e. The molecule has 108 valence electrons. The quantitative estimate of drug-likeness (QED) is 0.776. The van der Waals surface area contributed by atoms with Crippen LogP contribution in [0.5, 0.6) is 0 Å². The number of benzene rings is 1. The van der Waals surface area contributed by atoms with Crippen LogP contribution in [-0.4, -0.2) is 37.1 Å². The van der Waals surface area contributed by atoms with E-state index in [9.17, 15) is 4.79 Å². The first-order valence-electron chi connectivity index (χ1n) is 7.17. The summed E-state index contributed by atoms with van der Waals surface area (Å²) >= 11 is 3.47. The summed E-state index contributed by atoms with van der Waals surface area (Å²) in [5, 5.41) is 0. The number of nitrogens with zero attached hydrogens (tertiary/aromatic N) is 1. The average Bonchev–Trinajstić information content (AvgIpc) is 2.70. The van der Waals surface area contributed by atoms with Crippen molar-refractivity contribution in [2.45, 2.75) is 37.3 Å². The van der Waals surface area contributed by atoms with Crippen LogP contribution in [0.1, 0.15) is 30.7 Å². The standard InChI is InChI=1S/C16H20BrNO2/c1-18-12-7-8-14(18)15(16(19)20-2)13(9-12)10-3-5-11(17)6-4-10/h3-6,12-15H,7-9H2,1-2H3/t12-,13+,14?,15?/m0/s1. The van der Waals surface area contributed by atoms with Gasteiger partial charge in [0, 0.05) is 22.5 Å². The Bertz CT molecular complexity index is 502. The summed E-state index contributed by atoms with van der Waals surface area (Å²) in [4.78, 5) is 14.7. The maximum absolute atomic E-state index is 12.3. The summed E-state index contributed by atoms with van der Waals surface area (Å²) in [6, 6.07) is 9.32. The lowest BCUT2D eigenvalue weighted by molar-refractivity contribution is -0.150. The third kappa shape index (κ3) is 2.29. The molecular weight excluding hydrogens is 318 g/mol. The van der Waals surface area contributed by atoms with Gasteiger partial charge in [0.05, 0.1) is 13.0 Å². The molecule has 1 aromatic rings. The van der Waals surface area contributed by atoms with Crippen LogP contribution in [0.2, 0.25) is 0 Å². The van der Waals surface area contributed by atoms with Crippen LogP contribution in [0.15, 0.2) is 28.7 Å². The van der Waals surface area contributed by atoms with Gasteiger partial charge in [0.2, 0.25) is 0 Å². The van der Waals surface area contributed by atoms with Gasteiger partial charge in [-0.05, 0) is 44.0 Å². The first kappa shape index (κ1) is 14.1. The van der Waals surface area contributed by atoms with Gasteiger partial charge in [-0.25, -0.2) is 0 Å². The van der Waals surface area contributed by atoms with E-state index in [1.807, 2.05) is 0 Å². The third-order valence-corrected chi connectivity index (χ3v) is 5.57. The Morgan fingerprint density at radius 1 is 1.30 bits per heavy atom. The zero-order chi connectivity index (χ0) is 14.3. The van der Waals surface area contributed by atoms with Gasteiger partial charge in [0.1, 0.15) is 0 Å². The minimum Gasteiger partial charge on any atom is -0.469 e. The summed E-state index contributed by atoms with van der Waals surface area (Å²) in [6.07, 6.45) is 3.35. The lowest BCUT2D eigenvalue weighted by atomic mass is 9.76. The second-order valence-electron chi connectivity index (χ2n) is 5.91. The Balaban J connectivity index is 1.95. The van der Waals surface area contributed by atoms with E-state index in [1.165, 1.54) is 19.1 Å². The van der Waals surface area contributed by atoms with E-state index in [0.29, 0.717) is 12.1 Å². The van der Waals surface area contributed by atoms with Crippen LogP contribution in [0, 0.1) is 5.92 Å². The molecule has 2 saturated heterocycles. The summed E-state index contributed by atoms with van der Waals surface area (Å²) in [7, 11) is 3.65. The molecule has 2 heterocycles. The molecule has 2 aliphatic rings. The van der Waals surface area contributed by atoms with Crippen LogP contribution in [0.3, 0.4) is 0 Å². The van der Waals surface area contributed by atoms with Gasteiger partial charge in [-0.1, -0.05) is 28.1 Å². The van der Waals surface area contributed by atoms with Gasteiger partial charge in [0.15, 0.2) is 0 Å². The molecule has 1 aromatic carbocycles. The summed E-state index contributed by atoms with van der Waals surface area (Å²) in [5.41, 5.74) is 1.26. The number of carbonyl (C=O) groups excluding carboxylic acids is 1. The van der Waals surface area contributed by atoms with Crippen LogP contribution < -0.4 is 0 Å². The number of carbonyl (C=O) groups is 1. The van der Waals surface area contributed by atoms with E-state index >= 15 is 0 Å². The number of halogens is 1. The molecule has 4 atom stereocenters. The first-order chi connectivity index (χ1) is 9.61. The van der Waals surface area contributed by atoms with E-state index in [-0.39, 0.29) is 17.8 Å². The van der Waals surface area contributed by atoms with Gasteiger partial charge < -0.3 is 4.74 Å². The topological polar surface area (TPSA) is 29.5 Å². The van der Waals surface area contributed by atoms with Crippen molar-refractivity contribution >= 4 is 21.9 Å². The Hall–Kier alpha value is -0.870. The number of hydrogen-bond donors (Lipinski definition) is 0. The molecule has 0 aromatic heterocycles. The van der Waals surface area contributed by atoms with Crippen molar-refractivity contribution in [2.75, 3.05) is 14.2 Å². The Kier molecular flexibility index (Phi) is 3.87. The molecule has 0 spiro atoms. The molecule has 3 rings (SSSR count). The number of esters is 1. The number of ether oxygens (including phenoxy) is 1. The molecule has 0 saturated carbocycles. The normalized spacial score (nSPS) is 33.1. The van der Waals surface area contributed by atoms with Crippen LogP contribution in [-0.2, 0) is 9.53 Å². The second kappa shape index (κ2) is 5.49. The predicted octanol–water partition coefficient (Wildman–Crippen LogP) is 3.19. The van der Waals surface area contributed by atoms with Crippen LogP contribution in [0.4, 0.5) is 0 Å². The molecule has 2 bridgehead atoms. The van der Waals surface area contributed by atoms with Crippen molar-refractivity contribution in [3.8, 4) is 0 Å². The predicted molar refractivity (Wildman–Crippen MR) is 81.6 cm³/mol. The number of hydrogen-bond acceptors (Lipinski definition) is 3. The van der Waals surface area contributed by atoms with E-state index in [2.05, 4.69) is 52.1 Å².